The number of nitrogens with two attached hydrogens (primary N) is 1. The number of hydrogen-bond acceptors (Lipinski definition) is 8. The van der Waals surface area contributed by atoms with Crippen molar-refractivity contribution in [2.45, 2.75) is 44.8 Å². The molecule has 12 heteroatoms. The molecule has 200 valence electrons. The van der Waals surface area contributed by atoms with E-state index in [0.717, 1.165) is 12.8 Å². The summed E-state index contributed by atoms with van der Waals surface area (Å²) in [6.07, 6.45) is 3.69. The Hall–Kier alpha value is -4.06. The molecule has 0 spiro atoms. The molecule has 4 aromatic rings. The standard InChI is InChI=1S/C27H26BrN7O4/c1-27-9-8-18(27)35(17(11-27)25(37)33-20-5-3-4-19(28)32-20)21(36)12-34-16-10-14(26(38)39-2)6-7-15(16)22-23(29)30-13-31-24(22)34/h3-7,10,13,17-18H,8-9,11-12H2,1-2H3,(H2,29,30,31)(H,32,33,37)/t17-,18+,27+/m0/s1. The largest absolute Gasteiger partial charge is 0.465 e. The van der Waals surface area contributed by atoms with E-state index >= 15 is 0 Å². The third-order valence-electron chi connectivity index (χ3n) is 8.07. The zero-order chi connectivity index (χ0) is 27.5. The number of nitrogens with zero attached hydrogens (tertiary/aromatic N) is 5. The van der Waals surface area contributed by atoms with E-state index in [9.17, 15) is 14.4 Å². The topological polar surface area (TPSA) is 145 Å². The highest BCUT2D eigenvalue weighted by Crippen LogP contribution is 2.54. The third kappa shape index (κ3) is 4.10. The van der Waals surface area contributed by atoms with E-state index in [1.807, 2.05) is 0 Å². The predicted octanol–water partition coefficient (Wildman–Crippen LogP) is 3.52. The molecule has 11 nitrogen and oxygen atoms in total. The van der Waals surface area contributed by atoms with Crippen LogP contribution in [0.2, 0.25) is 0 Å². The Morgan fingerprint density at radius 3 is 2.77 bits per heavy atom. The van der Waals surface area contributed by atoms with Crippen molar-refractivity contribution in [3.63, 3.8) is 0 Å². The minimum Gasteiger partial charge on any atom is -0.465 e. The fourth-order valence-electron chi connectivity index (χ4n) is 6.05. The van der Waals surface area contributed by atoms with Gasteiger partial charge in [-0.25, -0.2) is 19.7 Å². The van der Waals surface area contributed by atoms with Gasteiger partial charge in [0.15, 0.2) is 0 Å². The average Bonchev–Trinajstić information content (AvgIpc) is 3.33. The van der Waals surface area contributed by atoms with Crippen molar-refractivity contribution >= 4 is 67.3 Å². The summed E-state index contributed by atoms with van der Waals surface area (Å²) >= 11 is 3.33. The van der Waals surface area contributed by atoms with Gasteiger partial charge in [-0.15, -0.1) is 0 Å². The van der Waals surface area contributed by atoms with Crippen molar-refractivity contribution in [1.29, 1.82) is 0 Å². The van der Waals surface area contributed by atoms with E-state index in [-0.39, 0.29) is 35.6 Å². The highest BCUT2D eigenvalue weighted by molar-refractivity contribution is 9.10. The molecule has 6 rings (SSSR count). The van der Waals surface area contributed by atoms with Gasteiger partial charge in [-0.1, -0.05) is 19.1 Å². The van der Waals surface area contributed by atoms with E-state index in [1.54, 1.807) is 45.9 Å². The third-order valence-corrected chi connectivity index (χ3v) is 8.51. The number of likely N-dealkylation sites (tertiary alicyclic amines) is 1. The molecular formula is C27H26BrN7O4. The van der Waals surface area contributed by atoms with E-state index in [1.165, 1.54) is 13.4 Å². The van der Waals surface area contributed by atoms with Crippen LogP contribution >= 0.6 is 15.9 Å². The molecule has 1 aromatic carbocycles. The molecule has 0 bridgehead atoms. The fourth-order valence-corrected chi connectivity index (χ4v) is 6.39. The van der Waals surface area contributed by atoms with E-state index < -0.39 is 12.0 Å². The number of carbonyl (C=O) groups excluding carboxylic acids is 3. The van der Waals surface area contributed by atoms with Gasteiger partial charge in [0.2, 0.25) is 11.8 Å². The molecule has 3 aromatic heterocycles. The normalized spacial score (nSPS) is 22.0. The summed E-state index contributed by atoms with van der Waals surface area (Å²) in [6, 6.07) is 9.64. The van der Waals surface area contributed by atoms with Gasteiger partial charge >= 0.3 is 5.97 Å². The minimum absolute atomic E-state index is 0.0466. The van der Waals surface area contributed by atoms with Crippen LogP contribution < -0.4 is 11.1 Å². The summed E-state index contributed by atoms with van der Waals surface area (Å²) in [5.74, 6) is -0.303. The lowest BCUT2D eigenvalue weighted by atomic mass is 9.66. The van der Waals surface area contributed by atoms with Crippen LogP contribution in [0.4, 0.5) is 11.6 Å². The van der Waals surface area contributed by atoms with E-state index in [0.29, 0.717) is 44.3 Å². The number of halogens is 1. The van der Waals surface area contributed by atoms with Gasteiger partial charge in [-0.05, 0) is 64.9 Å². The molecule has 3 N–H and O–H groups in total. The van der Waals surface area contributed by atoms with Crippen molar-refractivity contribution in [1.82, 2.24) is 24.4 Å². The maximum absolute atomic E-state index is 14.0. The van der Waals surface area contributed by atoms with Crippen LogP contribution in [0, 0.1) is 5.41 Å². The molecular weight excluding hydrogens is 566 g/mol. The highest BCUT2D eigenvalue weighted by atomic mass is 79.9. The van der Waals surface area contributed by atoms with Crippen molar-refractivity contribution < 1.29 is 19.1 Å². The van der Waals surface area contributed by atoms with Gasteiger partial charge in [0, 0.05) is 11.4 Å². The van der Waals surface area contributed by atoms with Gasteiger partial charge in [-0.3, -0.25) is 9.59 Å². The molecule has 0 radical (unpaired) electrons. The van der Waals surface area contributed by atoms with Gasteiger partial charge < -0.3 is 25.3 Å². The Morgan fingerprint density at radius 1 is 1.23 bits per heavy atom. The number of esters is 1. The van der Waals surface area contributed by atoms with Crippen LogP contribution in [0.1, 0.15) is 36.5 Å². The first kappa shape index (κ1) is 25.2. The van der Waals surface area contributed by atoms with Crippen LogP contribution in [0.25, 0.3) is 21.9 Å². The number of anilines is 2. The lowest BCUT2D eigenvalue weighted by Crippen LogP contribution is -2.52. The number of methoxy groups -OCH3 is 1. The van der Waals surface area contributed by atoms with Gasteiger partial charge in [0.05, 0.1) is 23.6 Å². The first-order valence-corrected chi connectivity index (χ1v) is 13.3. The number of aromatic nitrogens is 4. The molecule has 39 heavy (non-hydrogen) atoms. The quantitative estimate of drug-likeness (QED) is 0.265. The van der Waals surface area contributed by atoms with Crippen LogP contribution in [0.5, 0.6) is 0 Å². The summed E-state index contributed by atoms with van der Waals surface area (Å²) < 4.78 is 7.23. The number of benzene rings is 1. The molecule has 4 heterocycles. The van der Waals surface area contributed by atoms with Gasteiger partial charge in [0.1, 0.15) is 40.8 Å². The number of pyridine rings is 1. The zero-order valence-corrected chi connectivity index (χ0v) is 22.9. The van der Waals surface area contributed by atoms with Crippen LogP contribution in [0.15, 0.2) is 47.3 Å². The molecule has 1 saturated carbocycles. The Bertz CT molecular complexity index is 1670. The molecule has 0 unspecified atom stereocenters. The first-order valence-electron chi connectivity index (χ1n) is 12.6. The monoisotopic (exact) mass is 591 g/mol. The Labute approximate surface area is 231 Å². The Morgan fingerprint density at radius 2 is 2.05 bits per heavy atom. The van der Waals surface area contributed by atoms with Crippen molar-refractivity contribution in [3.8, 4) is 0 Å². The van der Waals surface area contributed by atoms with Crippen LogP contribution in [0.3, 0.4) is 0 Å². The predicted molar refractivity (Wildman–Crippen MR) is 148 cm³/mol. The zero-order valence-electron chi connectivity index (χ0n) is 21.3. The number of nitrogens with one attached hydrogen (secondary N) is 1. The summed E-state index contributed by atoms with van der Waals surface area (Å²) in [6.45, 7) is 2.04. The molecule has 1 aliphatic heterocycles. The molecule has 3 atom stereocenters. The number of ether oxygens (including phenoxy) is 1. The van der Waals surface area contributed by atoms with Gasteiger partial charge in [-0.2, -0.15) is 0 Å². The highest BCUT2D eigenvalue weighted by Gasteiger charge is 2.58. The smallest absolute Gasteiger partial charge is 0.337 e. The second-order valence-corrected chi connectivity index (χ2v) is 11.1. The average molecular weight is 592 g/mol. The number of carbonyl (C=O) groups is 3. The molecule has 2 amide bonds. The molecule has 2 fully saturated rings. The SMILES string of the molecule is COC(=O)c1ccc2c3c(N)ncnc3n(CC(=O)N3[C@H](C(=O)Nc4cccc(Br)n4)C[C@@]4(C)CC[C@@H]34)c2c1. The summed E-state index contributed by atoms with van der Waals surface area (Å²) in [5.41, 5.74) is 7.49. The number of fused-ring (bicyclic) bond motifs is 4. The molecule has 2 aliphatic rings. The minimum atomic E-state index is -0.644. The van der Waals surface area contributed by atoms with E-state index in [4.69, 9.17) is 10.5 Å². The fraction of sp³-hybridized carbons (Fsp3) is 0.333. The molecule has 1 saturated heterocycles. The van der Waals surface area contributed by atoms with Crippen molar-refractivity contribution in [3.05, 3.63) is 52.9 Å². The maximum atomic E-state index is 14.0. The lowest BCUT2D eigenvalue weighted by molar-refractivity contribution is -0.141. The van der Waals surface area contributed by atoms with Crippen molar-refractivity contribution in [2.24, 2.45) is 5.41 Å². The summed E-state index contributed by atoms with van der Waals surface area (Å²) in [5, 5.41) is 4.19. The first-order chi connectivity index (χ1) is 18.7. The lowest BCUT2D eigenvalue weighted by Gasteiger charge is -2.44. The van der Waals surface area contributed by atoms with Gasteiger partial charge in [0.25, 0.3) is 0 Å². The second kappa shape index (κ2) is 9.30. The number of hydrogen-bond donors (Lipinski definition) is 2. The van der Waals surface area contributed by atoms with E-state index in [2.05, 4.69) is 43.1 Å². The second-order valence-electron chi connectivity index (χ2n) is 10.3. The van der Waals surface area contributed by atoms with Crippen molar-refractivity contribution in [2.75, 3.05) is 18.2 Å². The number of amides is 2. The maximum Gasteiger partial charge on any atom is 0.337 e. The summed E-state index contributed by atoms with van der Waals surface area (Å²) in [4.78, 5) is 54.4. The van der Waals surface area contributed by atoms with Crippen LogP contribution in [-0.2, 0) is 20.9 Å². The van der Waals surface area contributed by atoms with Crippen LogP contribution in [-0.4, -0.2) is 61.4 Å². The Kier molecular flexibility index (Phi) is 6.01. The number of nitrogen functional groups attached to an aromatic ring is 1. The number of rotatable bonds is 5. The summed E-state index contributed by atoms with van der Waals surface area (Å²) in [7, 11) is 1.31. The molecule has 1 aliphatic carbocycles. The Balaban J connectivity index is 1.38.